The van der Waals surface area contributed by atoms with Gasteiger partial charge in [0.1, 0.15) is 22.7 Å². The van der Waals surface area contributed by atoms with E-state index in [9.17, 15) is 18.0 Å². The average molecular weight is 446 g/mol. The second kappa shape index (κ2) is 7.90. The van der Waals surface area contributed by atoms with Crippen LogP contribution in [0.3, 0.4) is 0 Å². The van der Waals surface area contributed by atoms with Gasteiger partial charge in [-0.05, 0) is 17.7 Å². The number of fused-ring (bicyclic) bond motifs is 1. The predicted molar refractivity (Wildman–Crippen MR) is 115 cm³/mol. The van der Waals surface area contributed by atoms with Crippen molar-refractivity contribution in [1.29, 1.82) is 0 Å². The number of aromatic amines is 2. The number of ether oxygens (including phenoxy) is 1. The van der Waals surface area contributed by atoms with Gasteiger partial charge in [0.15, 0.2) is 0 Å². The molecule has 1 aliphatic rings. The molecule has 0 aliphatic carbocycles. The normalized spacial score (nSPS) is 16.1. The van der Waals surface area contributed by atoms with Gasteiger partial charge in [-0.3, -0.25) is 9.89 Å². The highest BCUT2D eigenvalue weighted by Crippen LogP contribution is 2.39. The van der Waals surface area contributed by atoms with E-state index in [0.29, 0.717) is 25.2 Å². The standard InChI is InChI=1S/C21H21F3N6O2/c1-25-27-16(30(2)3)9-20(10-32-11-20)13-6-4-5-12(7-13)17-14-8-15(21(22,23)24)26-19(31)18(14)29-28-17/h4-8H,1,9-11H2,2-3H3,(H,26,31)(H,28,29)/b27-16-. The molecule has 11 heteroatoms. The Labute approximate surface area is 180 Å². The summed E-state index contributed by atoms with van der Waals surface area (Å²) >= 11 is 0. The molecule has 0 saturated carbocycles. The maximum Gasteiger partial charge on any atom is 0.431 e. The van der Waals surface area contributed by atoms with Crippen LogP contribution in [0.4, 0.5) is 13.2 Å². The summed E-state index contributed by atoms with van der Waals surface area (Å²) in [6.07, 6.45) is -4.14. The van der Waals surface area contributed by atoms with Gasteiger partial charge in [-0.25, -0.2) is 0 Å². The number of halogens is 3. The Hall–Kier alpha value is -3.47. The minimum absolute atomic E-state index is 0.0146. The summed E-state index contributed by atoms with van der Waals surface area (Å²) in [5, 5.41) is 14.5. The zero-order valence-electron chi connectivity index (χ0n) is 17.5. The van der Waals surface area contributed by atoms with E-state index in [2.05, 4.69) is 27.1 Å². The number of alkyl halides is 3. The summed E-state index contributed by atoms with van der Waals surface area (Å²) in [4.78, 5) is 15.8. The van der Waals surface area contributed by atoms with Crippen molar-refractivity contribution in [3.8, 4) is 11.3 Å². The van der Waals surface area contributed by atoms with Crippen molar-refractivity contribution in [3.05, 3.63) is 51.9 Å². The topological polar surface area (TPSA) is 98.7 Å². The van der Waals surface area contributed by atoms with E-state index < -0.39 is 17.4 Å². The lowest BCUT2D eigenvalue weighted by Gasteiger charge is -2.43. The lowest BCUT2D eigenvalue weighted by Crippen LogP contribution is -2.49. The Morgan fingerprint density at radius 3 is 2.66 bits per heavy atom. The first-order valence-electron chi connectivity index (χ1n) is 9.72. The van der Waals surface area contributed by atoms with Gasteiger partial charge in [-0.2, -0.15) is 23.4 Å². The second-order valence-corrected chi connectivity index (χ2v) is 7.95. The maximum absolute atomic E-state index is 13.2. The van der Waals surface area contributed by atoms with Crippen molar-refractivity contribution >= 4 is 23.5 Å². The largest absolute Gasteiger partial charge is 0.431 e. The molecule has 0 radical (unpaired) electrons. The third kappa shape index (κ3) is 3.79. The molecule has 3 aromatic rings. The van der Waals surface area contributed by atoms with Crippen LogP contribution in [-0.2, 0) is 16.3 Å². The van der Waals surface area contributed by atoms with E-state index in [1.807, 2.05) is 36.1 Å². The first kappa shape index (κ1) is 21.8. The molecule has 32 heavy (non-hydrogen) atoms. The number of amidine groups is 1. The molecule has 3 heterocycles. The molecule has 0 amide bonds. The van der Waals surface area contributed by atoms with Crippen LogP contribution < -0.4 is 5.56 Å². The van der Waals surface area contributed by atoms with Gasteiger partial charge in [-0.1, -0.05) is 18.2 Å². The Kier molecular flexibility index (Phi) is 5.37. The van der Waals surface area contributed by atoms with Crippen LogP contribution in [0.25, 0.3) is 22.2 Å². The van der Waals surface area contributed by atoms with Crippen molar-refractivity contribution in [2.75, 3.05) is 27.3 Å². The molecule has 1 saturated heterocycles. The number of nitrogens with zero attached hydrogens (tertiary/aromatic N) is 4. The number of hydrogen-bond donors (Lipinski definition) is 2. The lowest BCUT2D eigenvalue weighted by atomic mass is 9.75. The number of pyridine rings is 1. The van der Waals surface area contributed by atoms with Crippen LogP contribution in [0.2, 0.25) is 0 Å². The fourth-order valence-corrected chi connectivity index (χ4v) is 3.79. The number of aromatic nitrogens is 3. The molecule has 1 aliphatic heterocycles. The van der Waals surface area contributed by atoms with Crippen LogP contribution in [0, 0.1) is 0 Å². The molecular formula is C21H21F3N6O2. The molecule has 1 aromatic carbocycles. The summed E-state index contributed by atoms with van der Waals surface area (Å²) < 4.78 is 45.2. The number of H-pyrrole nitrogens is 2. The Bertz CT molecular complexity index is 1250. The van der Waals surface area contributed by atoms with Crippen LogP contribution >= 0.6 is 0 Å². The highest BCUT2D eigenvalue weighted by atomic mass is 19.4. The van der Waals surface area contributed by atoms with Crippen molar-refractivity contribution in [2.45, 2.75) is 18.0 Å². The van der Waals surface area contributed by atoms with Gasteiger partial charge in [0.05, 0.1) is 13.2 Å². The highest BCUT2D eigenvalue weighted by Gasteiger charge is 2.42. The first-order chi connectivity index (χ1) is 15.1. The Morgan fingerprint density at radius 1 is 1.31 bits per heavy atom. The SMILES string of the molecule is C=N/N=C(/CC1(c2cccc(-c3n[nH]c4c(=O)[nH]c(C(F)(F)F)cc34)c2)COC1)N(C)C. The quantitative estimate of drug-likeness (QED) is 0.357. The molecular weight excluding hydrogens is 425 g/mol. The molecule has 0 bridgehead atoms. The van der Waals surface area contributed by atoms with Crippen LogP contribution in [0.5, 0.6) is 0 Å². The predicted octanol–water partition coefficient (Wildman–Crippen LogP) is 3.17. The third-order valence-corrected chi connectivity index (χ3v) is 5.58. The van der Waals surface area contributed by atoms with Crippen LogP contribution in [0.1, 0.15) is 17.7 Å². The summed E-state index contributed by atoms with van der Waals surface area (Å²) in [6.45, 7) is 4.34. The Balaban J connectivity index is 1.79. The number of benzene rings is 1. The second-order valence-electron chi connectivity index (χ2n) is 7.95. The molecule has 168 valence electrons. The molecule has 8 nitrogen and oxygen atoms in total. The molecule has 0 unspecified atom stereocenters. The fraction of sp³-hybridized carbons (Fsp3) is 0.333. The van der Waals surface area contributed by atoms with E-state index in [0.717, 1.165) is 17.5 Å². The van der Waals surface area contributed by atoms with Crippen LogP contribution in [0.15, 0.2) is 45.3 Å². The van der Waals surface area contributed by atoms with Gasteiger partial charge in [0, 0.05) is 43.6 Å². The van der Waals surface area contributed by atoms with Gasteiger partial charge < -0.3 is 14.6 Å². The smallest absolute Gasteiger partial charge is 0.379 e. The molecule has 2 N–H and O–H groups in total. The molecule has 0 atom stereocenters. The van der Waals surface area contributed by atoms with Crippen molar-refractivity contribution in [1.82, 2.24) is 20.1 Å². The minimum Gasteiger partial charge on any atom is -0.379 e. The monoisotopic (exact) mass is 446 g/mol. The average Bonchev–Trinajstić information content (AvgIpc) is 3.14. The number of rotatable bonds is 5. The minimum atomic E-state index is -4.68. The molecule has 0 spiro atoms. The van der Waals surface area contributed by atoms with Crippen LogP contribution in [-0.4, -0.2) is 59.9 Å². The maximum atomic E-state index is 13.2. The van der Waals surface area contributed by atoms with Gasteiger partial charge >= 0.3 is 6.18 Å². The summed E-state index contributed by atoms with van der Waals surface area (Å²) in [5.74, 6) is 0.722. The van der Waals surface area contributed by atoms with Gasteiger partial charge in [0.2, 0.25) is 0 Å². The van der Waals surface area contributed by atoms with E-state index in [1.54, 1.807) is 12.1 Å². The summed E-state index contributed by atoms with van der Waals surface area (Å²) in [5.41, 5.74) is -0.605. The number of hydrogen-bond acceptors (Lipinski definition) is 5. The van der Waals surface area contributed by atoms with Crippen molar-refractivity contribution in [2.24, 2.45) is 10.2 Å². The molecule has 4 rings (SSSR count). The van der Waals surface area contributed by atoms with E-state index in [4.69, 9.17) is 4.74 Å². The van der Waals surface area contributed by atoms with Gasteiger partial charge in [-0.15, -0.1) is 5.10 Å². The first-order valence-corrected chi connectivity index (χ1v) is 9.72. The van der Waals surface area contributed by atoms with E-state index in [-0.39, 0.29) is 22.0 Å². The highest BCUT2D eigenvalue weighted by molar-refractivity contribution is 5.92. The van der Waals surface area contributed by atoms with Crippen molar-refractivity contribution < 1.29 is 17.9 Å². The fourth-order valence-electron chi connectivity index (χ4n) is 3.79. The van der Waals surface area contributed by atoms with Gasteiger partial charge in [0.25, 0.3) is 5.56 Å². The zero-order valence-corrected chi connectivity index (χ0v) is 17.5. The van der Waals surface area contributed by atoms with E-state index >= 15 is 0 Å². The molecule has 1 fully saturated rings. The summed E-state index contributed by atoms with van der Waals surface area (Å²) in [6, 6.07) is 8.25. The molecule has 2 aromatic heterocycles. The number of nitrogens with one attached hydrogen (secondary N) is 2. The Morgan fingerprint density at radius 2 is 2.06 bits per heavy atom. The third-order valence-electron chi connectivity index (χ3n) is 5.58. The zero-order chi connectivity index (χ0) is 23.1. The van der Waals surface area contributed by atoms with E-state index in [1.165, 1.54) is 0 Å². The van der Waals surface area contributed by atoms with Crippen molar-refractivity contribution in [3.63, 3.8) is 0 Å². The summed E-state index contributed by atoms with van der Waals surface area (Å²) in [7, 11) is 3.72. The lowest BCUT2D eigenvalue weighted by molar-refractivity contribution is -0.141.